The van der Waals surface area contributed by atoms with Crippen molar-refractivity contribution in [1.82, 2.24) is 51.0 Å². The van der Waals surface area contributed by atoms with E-state index in [4.69, 9.17) is 4.74 Å². The van der Waals surface area contributed by atoms with Crippen LogP contribution < -0.4 is 26.3 Å². The minimum Gasteiger partial charge on any atom is -0.465 e. The maximum Gasteiger partial charge on any atom is 0.407 e. The summed E-state index contributed by atoms with van der Waals surface area (Å²) in [6, 6.07) is 1.62. The number of hydrogen-bond acceptors (Lipinski definition) is 13. The molecule has 2 saturated heterocycles. The van der Waals surface area contributed by atoms with Crippen molar-refractivity contribution in [3.8, 4) is 23.1 Å². The number of benzene rings is 2. The van der Waals surface area contributed by atoms with Crippen LogP contribution in [0.2, 0.25) is 0 Å². The molecular formula is C49H55F10N11O8. The van der Waals surface area contributed by atoms with Crippen molar-refractivity contribution in [2.24, 2.45) is 10.8 Å². The van der Waals surface area contributed by atoms with Crippen molar-refractivity contribution >= 4 is 29.9 Å². The Kier molecular flexibility index (Phi) is 18.9. The Morgan fingerprint density at radius 2 is 1.38 bits per heavy atom. The quantitative estimate of drug-likeness (QED) is 0.0393. The number of aliphatic hydroxyl groups is 1. The fourth-order valence-electron chi connectivity index (χ4n) is 8.13. The van der Waals surface area contributed by atoms with Crippen molar-refractivity contribution in [3.63, 3.8) is 0 Å². The van der Waals surface area contributed by atoms with E-state index in [0.29, 0.717) is 81.2 Å². The third-order valence-electron chi connectivity index (χ3n) is 13.3. The molecule has 4 amide bonds. The standard InChI is InChI=1S/C49H55F10N11O8/c1-46(2,48(54,55)56)38(64-45(76)77-5)40(72)62-36(18-28-9-6-27(7-10-28)8-11-29-21-60-43(61-22-29)68-16-14-67(15-17-68)31-25-78-26-31)37(71)24-69(66-41(73)39(63-44(74)75)47(3,4)49(57,58)59)23-32-33(50)19-30(20-34(32)51)35-12-13-70(65-35)42(52)53/h6-7,9-10,12-13,19-22,31,36-39,42,63,71H,14-18,23-26H2,1-5H3,(H,62,72)(H,64,76)(H,66,73)(H,74,75). The average molecular weight is 1120 g/mol. The van der Waals surface area contributed by atoms with Gasteiger partial charge in [-0.05, 0) is 70.0 Å². The monoisotopic (exact) mass is 1120 g/mol. The van der Waals surface area contributed by atoms with Gasteiger partial charge in [0.25, 0.3) is 5.91 Å². The number of ether oxygens (including phenoxy) is 2. The normalized spacial score (nSPS) is 16.3. The topological polar surface area (TPSA) is 229 Å². The molecule has 6 rings (SSSR count). The summed E-state index contributed by atoms with van der Waals surface area (Å²) in [5.41, 5.74) is -4.87. The number of carbonyl (C=O) groups is 4. The van der Waals surface area contributed by atoms with Gasteiger partial charge < -0.3 is 40.5 Å². The molecule has 2 aliphatic heterocycles. The molecule has 2 aromatic carbocycles. The van der Waals surface area contributed by atoms with Gasteiger partial charge in [-0.1, -0.05) is 24.0 Å². The largest absolute Gasteiger partial charge is 0.465 e. The lowest BCUT2D eigenvalue weighted by Crippen LogP contribution is -2.63. The van der Waals surface area contributed by atoms with E-state index in [1.807, 2.05) is 15.6 Å². The third kappa shape index (κ3) is 14.6. The molecular weight excluding hydrogens is 1060 g/mol. The highest BCUT2D eigenvalue weighted by atomic mass is 19.4. The Bertz CT molecular complexity index is 2790. The van der Waals surface area contributed by atoms with Gasteiger partial charge in [0, 0.05) is 74.5 Å². The second-order valence-electron chi connectivity index (χ2n) is 19.4. The molecule has 2 aliphatic rings. The van der Waals surface area contributed by atoms with E-state index in [-0.39, 0.29) is 21.5 Å². The molecule has 29 heteroatoms. The van der Waals surface area contributed by atoms with Crippen LogP contribution in [0.4, 0.5) is 59.4 Å². The predicted molar refractivity (Wildman–Crippen MR) is 256 cm³/mol. The summed E-state index contributed by atoms with van der Waals surface area (Å²) in [6.07, 6.45) is -12.8. The van der Waals surface area contributed by atoms with Crippen LogP contribution in [0, 0.1) is 34.3 Å². The van der Waals surface area contributed by atoms with Crippen molar-refractivity contribution in [1.29, 1.82) is 0 Å². The number of carboxylic acid groups (broad SMARTS) is 1. The van der Waals surface area contributed by atoms with Gasteiger partial charge in [0.15, 0.2) is 0 Å². The average Bonchev–Trinajstić information content (AvgIpc) is 3.86. The summed E-state index contributed by atoms with van der Waals surface area (Å²) in [5, 5.41) is 31.0. The molecule has 0 radical (unpaired) electrons. The number of carbonyl (C=O) groups excluding carboxylic acids is 3. The second-order valence-corrected chi connectivity index (χ2v) is 19.4. The number of halogens is 10. The number of rotatable bonds is 19. The summed E-state index contributed by atoms with van der Waals surface area (Å²) in [5.74, 6) is 0.144. The van der Waals surface area contributed by atoms with Gasteiger partial charge in [-0.15, -0.1) is 0 Å². The third-order valence-corrected chi connectivity index (χ3v) is 13.3. The molecule has 0 saturated carbocycles. The molecule has 0 bridgehead atoms. The first kappa shape index (κ1) is 59.9. The first-order chi connectivity index (χ1) is 36.5. The van der Waals surface area contributed by atoms with Crippen LogP contribution in [-0.2, 0) is 32.0 Å². The number of nitrogens with one attached hydrogen (secondary N) is 4. The smallest absolute Gasteiger partial charge is 0.407 e. The number of alkyl halides is 8. The molecule has 4 aromatic rings. The molecule has 78 heavy (non-hydrogen) atoms. The van der Waals surface area contributed by atoms with Gasteiger partial charge in [-0.2, -0.15) is 40.2 Å². The number of methoxy groups -OCH3 is 1. The minimum absolute atomic E-state index is 0.184. The lowest BCUT2D eigenvalue weighted by Gasteiger charge is -2.42. The molecule has 4 atom stereocenters. The summed E-state index contributed by atoms with van der Waals surface area (Å²) in [6.45, 7) is 1.10. The van der Waals surface area contributed by atoms with E-state index in [0.717, 1.165) is 45.6 Å². The van der Waals surface area contributed by atoms with Crippen molar-refractivity contribution in [3.05, 3.63) is 94.9 Å². The zero-order chi connectivity index (χ0) is 57.5. The fraction of sp³-hybridized carbons (Fsp3) is 0.490. The molecule has 19 nitrogen and oxygen atoms in total. The number of alkyl carbamates (subject to hydrolysis) is 1. The number of hydrazine groups is 1. The van der Waals surface area contributed by atoms with Crippen LogP contribution in [0.15, 0.2) is 61.1 Å². The van der Waals surface area contributed by atoms with E-state index in [1.165, 1.54) is 29.6 Å². The minimum atomic E-state index is -5.29. The van der Waals surface area contributed by atoms with Crippen molar-refractivity contribution < 1.29 is 82.8 Å². The van der Waals surface area contributed by atoms with Crippen molar-refractivity contribution in [2.45, 2.75) is 89.8 Å². The molecule has 4 heterocycles. The lowest BCUT2D eigenvalue weighted by atomic mass is 9.82. The highest BCUT2D eigenvalue weighted by molar-refractivity contribution is 5.87. The lowest BCUT2D eigenvalue weighted by molar-refractivity contribution is -0.221. The predicted octanol–water partition coefficient (Wildman–Crippen LogP) is 5.39. The molecule has 424 valence electrons. The summed E-state index contributed by atoms with van der Waals surface area (Å²) in [7, 11) is 0.806. The number of amides is 4. The Morgan fingerprint density at radius 3 is 1.88 bits per heavy atom. The van der Waals surface area contributed by atoms with Gasteiger partial charge in [0.2, 0.25) is 11.9 Å². The number of piperazine rings is 1. The maximum absolute atomic E-state index is 16.0. The summed E-state index contributed by atoms with van der Waals surface area (Å²) < 4.78 is 155. The molecule has 2 fully saturated rings. The maximum atomic E-state index is 16.0. The van der Waals surface area contributed by atoms with Crippen LogP contribution >= 0.6 is 0 Å². The first-order valence-corrected chi connectivity index (χ1v) is 23.8. The zero-order valence-corrected chi connectivity index (χ0v) is 42.4. The van der Waals surface area contributed by atoms with Crippen LogP contribution in [-0.4, -0.2) is 160 Å². The Balaban J connectivity index is 1.31. The van der Waals surface area contributed by atoms with Gasteiger partial charge in [-0.3, -0.25) is 19.9 Å². The summed E-state index contributed by atoms with van der Waals surface area (Å²) in [4.78, 5) is 65.3. The van der Waals surface area contributed by atoms with Gasteiger partial charge in [0.05, 0.1) is 60.6 Å². The van der Waals surface area contributed by atoms with Crippen LogP contribution in [0.3, 0.4) is 0 Å². The highest BCUT2D eigenvalue weighted by Crippen LogP contribution is 2.42. The van der Waals surface area contributed by atoms with Gasteiger partial charge in [0.1, 0.15) is 23.7 Å². The molecule has 6 N–H and O–H groups in total. The number of hydrogen-bond donors (Lipinski definition) is 6. The number of aromatic nitrogens is 4. The number of aliphatic hydroxyl groups excluding tert-OH is 1. The van der Waals surface area contributed by atoms with E-state index in [2.05, 4.69) is 41.9 Å². The fourth-order valence-corrected chi connectivity index (χ4v) is 8.13. The number of anilines is 1. The van der Waals surface area contributed by atoms with Crippen LogP contribution in [0.1, 0.15) is 56.5 Å². The van der Waals surface area contributed by atoms with Gasteiger partial charge >= 0.3 is 31.1 Å². The second kappa shape index (κ2) is 24.6. The van der Waals surface area contributed by atoms with E-state index in [1.54, 1.807) is 12.4 Å². The number of nitrogens with zero attached hydrogens (tertiary/aromatic N) is 7. The van der Waals surface area contributed by atoms with Crippen LogP contribution in [0.5, 0.6) is 0 Å². The Morgan fingerprint density at radius 1 is 0.821 bits per heavy atom. The molecule has 2 aromatic heterocycles. The van der Waals surface area contributed by atoms with E-state index >= 15 is 8.78 Å². The van der Waals surface area contributed by atoms with E-state index in [9.17, 15) is 64.5 Å². The highest BCUT2D eigenvalue weighted by Gasteiger charge is 2.57. The summed E-state index contributed by atoms with van der Waals surface area (Å²) >= 11 is 0. The van der Waals surface area contributed by atoms with Crippen LogP contribution in [0.25, 0.3) is 11.3 Å². The first-order valence-electron chi connectivity index (χ1n) is 23.8. The SMILES string of the molecule is COC(=O)NC(C(=O)NC(Cc1ccc(C#Cc2cnc(N3CCN(C4COC4)CC3)nc2)cc1)C(O)CN(Cc1c(F)cc(-c2ccn(C(F)F)n2)cc1F)NC(=O)C(NC(=O)O)C(C)(C)C(F)(F)F)C(C)(C)C(F)(F)F. The van der Waals surface area contributed by atoms with Gasteiger partial charge in [-0.25, -0.2) is 38.0 Å². The molecule has 0 spiro atoms. The molecule has 0 aliphatic carbocycles. The Labute approximate surface area is 439 Å². The van der Waals surface area contributed by atoms with Crippen molar-refractivity contribution in [2.75, 3.05) is 57.9 Å². The zero-order valence-electron chi connectivity index (χ0n) is 42.4. The Hall–Kier alpha value is -7.29. The molecule has 4 unspecified atom stereocenters. The van der Waals surface area contributed by atoms with E-state index < -0.39 is 115 Å².